The Hall–Kier alpha value is -4.81. The summed E-state index contributed by atoms with van der Waals surface area (Å²) >= 11 is 0. The molecule has 1 saturated heterocycles. The van der Waals surface area contributed by atoms with Gasteiger partial charge >= 0.3 is 12.1 Å². The van der Waals surface area contributed by atoms with Crippen molar-refractivity contribution in [2.24, 2.45) is 0 Å². The minimum absolute atomic E-state index is 0.0511. The molecule has 0 bridgehead atoms. The predicted molar refractivity (Wildman–Crippen MR) is 201 cm³/mol. The van der Waals surface area contributed by atoms with Crippen LogP contribution < -0.4 is 10.6 Å². The van der Waals surface area contributed by atoms with Crippen molar-refractivity contribution in [1.29, 1.82) is 0 Å². The summed E-state index contributed by atoms with van der Waals surface area (Å²) in [6.07, 6.45) is 3.84. The fraction of sp³-hybridized carbons (Fsp3) is 0.385. The van der Waals surface area contributed by atoms with Crippen LogP contribution in [0.25, 0.3) is 21.8 Å². The lowest BCUT2D eigenvalue weighted by molar-refractivity contribution is 0.0791. The minimum atomic E-state index is -1.17. The van der Waals surface area contributed by atoms with Crippen LogP contribution in [0.15, 0.2) is 72.9 Å². The molecule has 1 atom stereocenters. The summed E-state index contributed by atoms with van der Waals surface area (Å²) in [5.41, 5.74) is 5.76. The molecule has 2 aliphatic rings. The summed E-state index contributed by atoms with van der Waals surface area (Å²) in [5, 5.41) is 12.9. The molecule has 7 rings (SSSR count). The lowest BCUT2D eigenvalue weighted by Gasteiger charge is -2.40. The van der Waals surface area contributed by atoms with E-state index < -0.39 is 13.9 Å². The highest BCUT2D eigenvalue weighted by Crippen LogP contribution is 2.30. The number of anilines is 1. The van der Waals surface area contributed by atoms with E-state index in [0.29, 0.717) is 45.6 Å². The summed E-state index contributed by atoms with van der Waals surface area (Å²) in [4.78, 5) is 35.4. The quantitative estimate of drug-likeness (QED) is 0.114. The molecule has 0 radical (unpaired) electrons. The number of aryl methyl sites for hydroxylation is 1. The van der Waals surface area contributed by atoms with E-state index in [4.69, 9.17) is 14.8 Å². The highest BCUT2D eigenvalue weighted by molar-refractivity contribution is 6.76. The van der Waals surface area contributed by atoms with E-state index in [1.54, 1.807) is 11.0 Å². The first-order chi connectivity index (χ1) is 24.5. The molecule has 12 heteroatoms. The van der Waals surface area contributed by atoms with Crippen LogP contribution >= 0.6 is 0 Å². The van der Waals surface area contributed by atoms with Gasteiger partial charge in [-0.2, -0.15) is 24.7 Å². The molecule has 10 nitrogen and oxygen atoms in total. The van der Waals surface area contributed by atoms with Gasteiger partial charge < -0.3 is 25.2 Å². The Kier molecular flexibility index (Phi) is 9.80. The summed E-state index contributed by atoms with van der Waals surface area (Å²) in [5.74, 6) is -0.426. The molecule has 4 heterocycles. The van der Waals surface area contributed by atoms with Crippen molar-refractivity contribution in [2.75, 3.05) is 25.0 Å². The van der Waals surface area contributed by atoms with Gasteiger partial charge in [0.05, 0.1) is 28.5 Å². The van der Waals surface area contributed by atoms with E-state index in [0.717, 1.165) is 56.8 Å². The average Bonchev–Trinajstić information content (AvgIpc) is 3.53. The van der Waals surface area contributed by atoms with Crippen LogP contribution in [0.4, 0.5) is 19.7 Å². The first-order valence-electron chi connectivity index (χ1n) is 17.8. The van der Waals surface area contributed by atoms with Gasteiger partial charge in [-0.05, 0) is 67.1 Å². The number of halogens is 1. The normalized spacial score (nSPS) is 16.0. The fourth-order valence-electron chi connectivity index (χ4n) is 7.09. The second-order valence-electron chi connectivity index (χ2n) is 15.1. The molecule has 3 aromatic carbocycles. The number of nitrogens with one attached hydrogen (secondary N) is 2. The third-order valence-electron chi connectivity index (χ3n) is 9.97. The molecule has 2 aromatic heterocycles. The highest BCUT2D eigenvalue weighted by Gasteiger charge is 2.34. The average molecular weight is 708 g/mol. The molecule has 0 saturated carbocycles. The first kappa shape index (κ1) is 34.6. The second-order valence-corrected chi connectivity index (χ2v) is 20.7. The van der Waals surface area contributed by atoms with Gasteiger partial charge in [0.2, 0.25) is 0 Å². The Balaban J connectivity index is 1.06. The van der Waals surface area contributed by atoms with Gasteiger partial charge in [0.1, 0.15) is 12.5 Å². The number of benzene rings is 3. The number of piperidine rings is 1. The Morgan fingerprint density at radius 3 is 2.67 bits per heavy atom. The number of hydrogen-bond donors (Lipinski definition) is 2. The molecular formula is C39H46FN7O3Si-. The number of carbonyl (C=O) groups is 2. The van der Waals surface area contributed by atoms with Crippen LogP contribution in [-0.2, 0) is 24.4 Å². The smallest absolute Gasteiger partial charge is 0.322 e. The van der Waals surface area contributed by atoms with Gasteiger partial charge in [-0.15, -0.1) is 14.1 Å². The number of rotatable bonds is 10. The Morgan fingerprint density at radius 2 is 1.86 bits per heavy atom. The van der Waals surface area contributed by atoms with Gasteiger partial charge in [-0.3, -0.25) is 4.98 Å². The van der Waals surface area contributed by atoms with Crippen molar-refractivity contribution in [3.8, 4) is 0 Å². The molecule has 1 unspecified atom stereocenters. The largest absolute Gasteiger partial charge is 0.362 e. The van der Waals surface area contributed by atoms with E-state index in [2.05, 4.69) is 55.4 Å². The molecule has 1 fully saturated rings. The van der Waals surface area contributed by atoms with E-state index in [1.807, 2.05) is 52.2 Å². The Bertz CT molecular complexity index is 2070. The number of hydrogen-bond acceptors (Lipinski definition) is 5. The molecule has 2 N–H and O–H groups in total. The zero-order valence-corrected chi connectivity index (χ0v) is 30.8. The number of ether oxygens (including phenoxy) is 1. The number of likely N-dealkylation sites (tertiary alicyclic amines) is 1. The Morgan fingerprint density at radius 1 is 1.06 bits per heavy atom. The van der Waals surface area contributed by atoms with E-state index in [-0.39, 0.29) is 29.8 Å². The van der Waals surface area contributed by atoms with Crippen molar-refractivity contribution in [1.82, 2.24) is 29.9 Å². The molecule has 0 aliphatic carbocycles. The van der Waals surface area contributed by atoms with E-state index in [1.165, 1.54) is 6.07 Å². The van der Waals surface area contributed by atoms with Crippen molar-refractivity contribution in [2.45, 2.75) is 77.2 Å². The number of nitrogens with zero attached hydrogens (tertiary/aromatic N) is 5. The lowest BCUT2D eigenvalue weighted by atomic mass is 9.98. The number of urea groups is 2. The van der Waals surface area contributed by atoms with Gasteiger partial charge in [-0.1, -0.05) is 42.5 Å². The third-order valence-corrected chi connectivity index (χ3v) is 11.7. The molecule has 5 aromatic rings. The molecule has 4 amide bonds. The van der Waals surface area contributed by atoms with Crippen molar-refractivity contribution >= 4 is 47.6 Å². The number of aromatic nitrogens is 3. The van der Waals surface area contributed by atoms with Gasteiger partial charge in [-0.25, -0.2) is 18.7 Å². The van der Waals surface area contributed by atoms with E-state index in [9.17, 15) is 14.0 Å². The summed E-state index contributed by atoms with van der Waals surface area (Å²) in [6, 6.07) is 21.4. The van der Waals surface area contributed by atoms with Crippen LogP contribution in [0.2, 0.25) is 25.7 Å². The maximum atomic E-state index is 14.3. The number of amides is 4. The van der Waals surface area contributed by atoms with Gasteiger partial charge in [0, 0.05) is 49.3 Å². The fourth-order valence-corrected chi connectivity index (χ4v) is 7.85. The van der Waals surface area contributed by atoms with Crippen LogP contribution in [0.5, 0.6) is 0 Å². The molecule has 2 aliphatic heterocycles. The van der Waals surface area contributed by atoms with E-state index >= 15 is 0 Å². The zero-order chi connectivity index (χ0) is 35.7. The topological polar surface area (TPSA) is 105 Å². The molecule has 0 spiro atoms. The van der Waals surface area contributed by atoms with Gasteiger partial charge in [0.15, 0.2) is 0 Å². The second kappa shape index (κ2) is 14.4. The van der Waals surface area contributed by atoms with Gasteiger partial charge in [0.25, 0.3) is 0 Å². The SMILES string of the molecule is Cc1cc(CC(NC(=O)N2CCC(N3Cc4cccc(F)c4NC3=O)CC2)c2ccc3ccccc3n2)cc2cn(COCC[Si-](C)(C)C)nc12. The predicted octanol–water partition coefficient (Wildman–Crippen LogP) is 7.85. The number of carbonyl (C=O) groups excluding carboxylic acids is 2. The monoisotopic (exact) mass is 707 g/mol. The maximum absolute atomic E-state index is 14.3. The lowest BCUT2D eigenvalue weighted by Crippen LogP contribution is -2.53. The van der Waals surface area contributed by atoms with Crippen LogP contribution in [0.1, 0.15) is 41.3 Å². The molecule has 267 valence electrons. The third kappa shape index (κ3) is 7.92. The first-order valence-corrected chi connectivity index (χ1v) is 21.5. The molecule has 51 heavy (non-hydrogen) atoms. The minimum Gasteiger partial charge on any atom is -0.362 e. The zero-order valence-electron chi connectivity index (χ0n) is 29.8. The van der Waals surface area contributed by atoms with Crippen LogP contribution in [-0.4, -0.2) is 70.4 Å². The number of pyridine rings is 1. The van der Waals surface area contributed by atoms with Crippen LogP contribution in [0, 0.1) is 12.7 Å². The van der Waals surface area contributed by atoms with Crippen molar-refractivity contribution in [3.63, 3.8) is 0 Å². The highest BCUT2D eigenvalue weighted by atomic mass is 28.3. The summed E-state index contributed by atoms with van der Waals surface area (Å²) in [7, 11) is -1.17. The summed E-state index contributed by atoms with van der Waals surface area (Å²) < 4.78 is 22.1. The molecular weight excluding hydrogens is 662 g/mol. The standard InChI is InChI=1S/C39H46FN7O3Si/c1-26-20-27(21-30-23-46(44-36(26)30)25-50-18-19-51(2,3)4)22-35(34-13-12-28-8-5-6-11-33(28)41-34)42-38(48)45-16-14-31(15-17-45)47-24-29-9-7-10-32(40)37(29)43-39(47)49/h5-13,20-21,23,31,35H,14-19,22,24-25H2,1-4H3,(H,42,48)(H,43,49)/q-1. The summed E-state index contributed by atoms with van der Waals surface area (Å²) in [6.45, 7) is 11.6. The maximum Gasteiger partial charge on any atom is 0.322 e. The Labute approximate surface area is 299 Å². The number of fused-ring (bicyclic) bond motifs is 3. The van der Waals surface area contributed by atoms with Crippen molar-refractivity contribution in [3.05, 3.63) is 101 Å². The van der Waals surface area contributed by atoms with Crippen LogP contribution in [0.3, 0.4) is 0 Å². The van der Waals surface area contributed by atoms with Crippen molar-refractivity contribution < 1.29 is 18.7 Å². The number of para-hydroxylation sites is 2.